The highest BCUT2D eigenvalue weighted by Crippen LogP contribution is 2.00. The van der Waals surface area contributed by atoms with Gasteiger partial charge in [0.15, 0.2) is 0 Å². The molecular weight excluding hydrogens is 228 g/mol. The average Bonchev–Trinajstić information content (AvgIpc) is 2.30. The molecule has 1 rings (SSSR count). The molecule has 0 radical (unpaired) electrons. The van der Waals surface area contributed by atoms with Gasteiger partial charge in [-0.1, -0.05) is 30.3 Å². The molecule has 16 heavy (non-hydrogen) atoms. The van der Waals surface area contributed by atoms with Crippen LogP contribution in [0.2, 0.25) is 0 Å². The third kappa shape index (κ3) is 5.25. The predicted octanol–water partition coefficient (Wildman–Crippen LogP) is 1.57. The van der Waals surface area contributed by atoms with Gasteiger partial charge in [-0.25, -0.2) is 0 Å². The zero-order valence-corrected chi connectivity index (χ0v) is 10.1. The molecular formula is C11H16O4S. The van der Waals surface area contributed by atoms with Gasteiger partial charge in [-0.15, -0.1) is 0 Å². The molecule has 0 saturated carbocycles. The summed E-state index contributed by atoms with van der Waals surface area (Å²) in [5.41, 5.74) is 1.06. The van der Waals surface area contributed by atoms with Gasteiger partial charge >= 0.3 is 0 Å². The Kier molecular flexibility index (Phi) is 5.45. The summed E-state index contributed by atoms with van der Waals surface area (Å²) >= 11 is 0. The van der Waals surface area contributed by atoms with Crippen LogP contribution in [0.25, 0.3) is 0 Å². The SMILES string of the molecule is CCS(=O)(=O)OCCOCc1ccccc1. The average molecular weight is 244 g/mol. The molecule has 0 aliphatic heterocycles. The van der Waals surface area contributed by atoms with Gasteiger partial charge in [0, 0.05) is 0 Å². The Labute approximate surface area is 96.3 Å². The second-order valence-electron chi connectivity index (χ2n) is 3.21. The highest BCUT2D eigenvalue weighted by atomic mass is 32.2. The van der Waals surface area contributed by atoms with E-state index in [1.165, 1.54) is 0 Å². The van der Waals surface area contributed by atoms with Crippen LogP contribution in [0, 0.1) is 0 Å². The number of hydrogen-bond acceptors (Lipinski definition) is 4. The molecule has 0 spiro atoms. The minimum Gasteiger partial charge on any atom is -0.374 e. The summed E-state index contributed by atoms with van der Waals surface area (Å²) in [6, 6.07) is 9.68. The summed E-state index contributed by atoms with van der Waals surface area (Å²) in [5, 5.41) is 0. The van der Waals surface area contributed by atoms with Gasteiger partial charge in [0.25, 0.3) is 10.1 Å². The lowest BCUT2D eigenvalue weighted by atomic mass is 10.2. The standard InChI is InChI=1S/C11H16O4S/c1-2-16(12,13)15-9-8-14-10-11-6-4-3-5-7-11/h3-7H,2,8-10H2,1H3. The van der Waals surface area contributed by atoms with E-state index < -0.39 is 10.1 Å². The number of benzene rings is 1. The molecule has 0 saturated heterocycles. The first-order chi connectivity index (χ1) is 7.64. The number of hydrogen-bond donors (Lipinski definition) is 0. The predicted molar refractivity (Wildman–Crippen MR) is 61.5 cm³/mol. The van der Waals surface area contributed by atoms with Gasteiger partial charge in [0.1, 0.15) is 0 Å². The summed E-state index contributed by atoms with van der Waals surface area (Å²) in [4.78, 5) is 0. The summed E-state index contributed by atoms with van der Waals surface area (Å²) in [6.07, 6.45) is 0. The van der Waals surface area contributed by atoms with E-state index in [1.807, 2.05) is 30.3 Å². The fourth-order valence-electron chi connectivity index (χ4n) is 1.07. The third-order valence-electron chi connectivity index (χ3n) is 1.96. The second-order valence-corrected chi connectivity index (χ2v) is 5.13. The Morgan fingerprint density at radius 1 is 1.12 bits per heavy atom. The summed E-state index contributed by atoms with van der Waals surface area (Å²) in [5.74, 6) is -0.00825. The van der Waals surface area contributed by atoms with Crippen molar-refractivity contribution in [1.82, 2.24) is 0 Å². The van der Waals surface area contributed by atoms with Crippen LogP contribution in [0.1, 0.15) is 12.5 Å². The maximum Gasteiger partial charge on any atom is 0.267 e. The molecule has 0 aromatic heterocycles. The Hall–Kier alpha value is -0.910. The lowest BCUT2D eigenvalue weighted by Crippen LogP contribution is -2.12. The van der Waals surface area contributed by atoms with Crippen LogP contribution >= 0.6 is 0 Å². The molecule has 90 valence electrons. The highest BCUT2D eigenvalue weighted by molar-refractivity contribution is 7.86. The zero-order valence-electron chi connectivity index (χ0n) is 9.26. The van der Waals surface area contributed by atoms with Gasteiger partial charge < -0.3 is 4.74 Å². The molecule has 0 atom stereocenters. The lowest BCUT2D eigenvalue weighted by Gasteiger charge is -2.05. The summed E-state index contributed by atoms with van der Waals surface area (Å²) in [6.45, 7) is 2.35. The lowest BCUT2D eigenvalue weighted by molar-refractivity contribution is 0.0908. The van der Waals surface area contributed by atoms with Crippen LogP contribution in [0.3, 0.4) is 0 Å². The van der Waals surface area contributed by atoms with Crippen LogP contribution in [0.15, 0.2) is 30.3 Å². The molecule has 0 aliphatic carbocycles. The molecule has 0 fully saturated rings. The minimum absolute atomic E-state index is 0.00825. The van der Waals surface area contributed by atoms with Gasteiger partial charge in [-0.2, -0.15) is 8.42 Å². The fourth-order valence-corrected chi connectivity index (χ4v) is 1.56. The van der Waals surface area contributed by atoms with Crippen LogP contribution in [0.4, 0.5) is 0 Å². The van der Waals surface area contributed by atoms with Gasteiger partial charge in [-0.3, -0.25) is 4.18 Å². The van der Waals surface area contributed by atoms with Crippen molar-refractivity contribution in [3.8, 4) is 0 Å². The Morgan fingerprint density at radius 3 is 2.44 bits per heavy atom. The van der Waals surface area contributed by atoms with Crippen molar-refractivity contribution >= 4 is 10.1 Å². The molecule has 1 aromatic carbocycles. The topological polar surface area (TPSA) is 52.6 Å². The van der Waals surface area contributed by atoms with Crippen molar-refractivity contribution in [2.75, 3.05) is 19.0 Å². The molecule has 0 heterocycles. The minimum atomic E-state index is -3.34. The first-order valence-corrected chi connectivity index (χ1v) is 6.70. The molecule has 5 heteroatoms. The fraction of sp³-hybridized carbons (Fsp3) is 0.455. The first kappa shape index (κ1) is 13.2. The molecule has 4 nitrogen and oxygen atoms in total. The third-order valence-corrected chi connectivity index (χ3v) is 3.19. The van der Waals surface area contributed by atoms with E-state index in [0.717, 1.165) is 5.56 Å². The molecule has 0 aliphatic rings. The Bertz CT molecular complexity index is 386. The van der Waals surface area contributed by atoms with E-state index in [9.17, 15) is 8.42 Å². The molecule has 0 amide bonds. The Balaban J connectivity index is 2.14. The maximum atomic E-state index is 11.0. The second kappa shape index (κ2) is 6.62. The van der Waals surface area contributed by atoms with Gasteiger partial charge in [-0.05, 0) is 12.5 Å². The zero-order chi connectivity index (χ0) is 11.9. The molecule has 0 bridgehead atoms. The van der Waals surface area contributed by atoms with Crippen molar-refractivity contribution < 1.29 is 17.3 Å². The van der Waals surface area contributed by atoms with Crippen molar-refractivity contribution in [1.29, 1.82) is 0 Å². The molecule has 0 N–H and O–H groups in total. The van der Waals surface area contributed by atoms with E-state index in [0.29, 0.717) is 6.61 Å². The monoisotopic (exact) mass is 244 g/mol. The molecule has 1 aromatic rings. The van der Waals surface area contributed by atoms with Crippen molar-refractivity contribution in [2.24, 2.45) is 0 Å². The van der Waals surface area contributed by atoms with Crippen LogP contribution < -0.4 is 0 Å². The Morgan fingerprint density at radius 2 is 1.81 bits per heavy atom. The van der Waals surface area contributed by atoms with Crippen molar-refractivity contribution in [3.63, 3.8) is 0 Å². The first-order valence-electron chi connectivity index (χ1n) is 5.13. The van der Waals surface area contributed by atoms with Crippen LogP contribution in [-0.2, 0) is 25.6 Å². The highest BCUT2D eigenvalue weighted by Gasteiger charge is 2.06. The number of ether oxygens (including phenoxy) is 1. The van der Waals surface area contributed by atoms with E-state index in [2.05, 4.69) is 4.18 Å². The normalized spacial score (nSPS) is 11.6. The van der Waals surface area contributed by atoms with E-state index in [1.54, 1.807) is 6.92 Å². The maximum absolute atomic E-state index is 11.0. The summed E-state index contributed by atoms with van der Waals surface area (Å²) < 4.78 is 31.8. The summed E-state index contributed by atoms with van der Waals surface area (Å²) in [7, 11) is -3.34. The quantitative estimate of drug-likeness (QED) is 0.539. The van der Waals surface area contributed by atoms with Crippen molar-refractivity contribution in [2.45, 2.75) is 13.5 Å². The number of rotatable bonds is 7. The smallest absolute Gasteiger partial charge is 0.267 e. The van der Waals surface area contributed by atoms with Crippen molar-refractivity contribution in [3.05, 3.63) is 35.9 Å². The van der Waals surface area contributed by atoms with Gasteiger partial charge in [0.2, 0.25) is 0 Å². The van der Waals surface area contributed by atoms with Crippen LogP contribution in [-0.4, -0.2) is 27.4 Å². The largest absolute Gasteiger partial charge is 0.374 e. The van der Waals surface area contributed by atoms with E-state index >= 15 is 0 Å². The van der Waals surface area contributed by atoms with Crippen LogP contribution in [0.5, 0.6) is 0 Å². The van der Waals surface area contributed by atoms with E-state index in [4.69, 9.17) is 4.74 Å². The molecule has 0 unspecified atom stereocenters. The van der Waals surface area contributed by atoms with E-state index in [-0.39, 0.29) is 19.0 Å². The van der Waals surface area contributed by atoms with Gasteiger partial charge in [0.05, 0.1) is 25.6 Å².